The van der Waals surface area contributed by atoms with E-state index >= 15 is 0 Å². The summed E-state index contributed by atoms with van der Waals surface area (Å²) in [6.07, 6.45) is 1.64. The summed E-state index contributed by atoms with van der Waals surface area (Å²) in [4.78, 5) is 29.9. The quantitative estimate of drug-likeness (QED) is 0.238. The van der Waals surface area contributed by atoms with Crippen molar-refractivity contribution in [2.24, 2.45) is 5.92 Å². The molecule has 0 spiro atoms. The number of carbonyl (C=O) groups excluding carboxylic acids is 1. The summed E-state index contributed by atoms with van der Waals surface area (Å²) in [6, 6.07) is 29.1. The number of rotatable bonds is 11. The van der Waals surface area contributed by atoms with Gasteiger partial charge in [0.05, 0.1) is 13.2 Å². The van der Waals surface area contributed by atoms with E-state index in [1.54, 1.807) is 43.6 Å². The van der Waals surface area contributed by atoms with Crippen LogP contribution in [0.1, 0.15) is 50.2 Å². The second-order valence-corrected chi connectivity index (χ2v) is 16.6. The van der Waals surface area contributed by atoms with Crippen molar-refractivity contribution in [1.29, 1.82) is 0 Å². The van der Waals surface area contributed by atoms with Crippen LogP contribution in [0, 0.1) is 5.92 Å². The van der Waals surface area contributed by atoms with E-state index < -0.39 is 20.2 Å². The van der Waals surface area contributed by atoms with Crippen molar-refractivity contribution < 1.29 is 23.8 Å². The number of nitrogens with zero attached hydrogens (tertiary/aromatic N) is 2. The molecule has 236 valence electrons. The van der Waals surface area contributed by atoms with Crippen LogP contribution in [0.5, 0.6) is 5.75 Å². The number of hydrogen-bond donors (Lipinski definition) is 2. The third kappa shape index (κ3) is 6.94. The minimum absolute atomic E-state index is 0.0451. The molecule has 5 rings (SSSR count). The van der Waals surface area contributed by atoms with Gasteiger partial charge in [-0.15, -0.1) is 0 Å². The maximum absolute atomic E-state index is 13.1. The maximum atomic E-state index is 13.1. The van der Waals surface area contributed by atoms with Gasteiger partial charge in [-0.1, -0.05) is 81.4 Å². The lowest BCUT2D eigenvalue weighted by Crippen LogP contribution is -2.67. The number of methoxy groups -OCH3 is 1. The van der Waals surface area contributed by atoms with Crippen LogP contribution in [0.3, 0.4) is 0 Å². The average molecular weight is 628 g/mol. The summed E-state index contributed by atoms with van der Waals surface area (Å²) >= 11 is 0. The number of amides is 1. The molecule has 0 unspecified atom stereocenters. The molecule has 1 fully saturated rings. The third-order valence-corrected chi connectivity index (χ3v) is 13.4. The Morgan fingerprint density at radius 3 is 2.16 bits per heavy atom. The molecule has 10 heteroatoms. The summed E-state index contributed by atoms with van der Waals surface area (Å²) in [6.45, 7) is 7.07. The van der Waals surface area contributed by atoms with Crippen LogP contribution < -0.4 is 26.1 Å². The lowest BCUT2D eigenvalue weighted by molar-refractivity contribution is -0.0207. The van der Waals surface area contributed by atoms with E-state index in [0.717, 1.165) is 0 Å². The fourth-order valence-corrected chi connectivity index (χ4v) is 10.8. The Morgan fingerprint density at radius 1 is 1.00 bits per heavy atom. The van der Waals surface area contributed by atoms with E-state index in [0.29, 0.717) is 30.8 Å². The molecule has 0 aliphatic carbocycles. The van der Waals surface area contributed by atoms with Crippen molar-refractivity contribution in [2.45, 2.75) is 51.0 Å². The Hall–Kier alpha value is -4.09. The van der Waals surface area contributed by atoms with Crippen LogP contribution >= 0.6 is 0 Å². The van der Waals surface area contributed by atoms with Gasteiger partial charge >= 0.3 is 5.69 Å². The first-order valence-corrected chi connectivity index (χ1v) is 17.1. The highest BCUT2D eigenvalue weighted by atomic mass is 28.4. The van der Waals surface area contributed by atoms with Gasteiger partial charge in [-0.3, -0.25) is 9.36 Å². The second kappa shape index (κ2) is 13.9. The molecule has 1 aliphatic heterocycles. The molecule has 0 radical (unpaired) electrons. The van der Waals surface area contributed by atoms with Gasteiger partial charge in [-0.25, -0.2) is 4.79 Å². The van der Waals surface area contributed by atoms with Gasteiger partial charge in [-0.05, 0) is 52.2 Å². The number of ether oxygens (including phenoxy) is 2. The van der Waals surface area contributed by atoms with Gasteiger partial charge in [-0.2, -0.15) is 4.98 Å². The minimum atomic E-state index is -2.78. The zero-order valence-corrected chi connectivity index (χ0v) is 27.2. The summed E-state index contributed by atoms with van der Waals surface area (Å²) in [5.41, 5.74) is -0.125. The highest BCUT2D eigenvalue weighted by molar-refractivity contribution is 6.99. The number of carbonyl (C=O) groups is 1. The van der Waals surface area contributed by atoms with Crippen molar-refractivity contribution in [3.8, 4) is 5.75 Å². The van der Waals surface area contributed by atoms with Gasteiger partial charge in [0.2, 0.25) is 0 Å². The molecule has 1 aromatic heterocycles. The van der Waals surface area contributed by atoms with E-state index in [1.165, 1.54) is 14.9 Å². The standard InChI is InChI=1S/C35H41N3O6Si/c1-35(2,3)45(28-11-7-5-8-12-28,29-13-9-6-10-14-29)43-24-26-23-32(44-30(26)20-22-39)38-21-19-31(37-34(38)41)36-33(40)25-15-17-27(42-4)18-16-25/h5-19,21,26,30,32,39H,20,22-24H2,1-4H3,(H,36,37,40,41)/t26-,30-,32-/m1/s1. The number of aliphatic hydroxyl groups excluding tert-OH is 1. The van der Waals surface area contributed by atoms with Crippen LogP contribution in [-0.2, 0) is 9.16 Å². The molecule has 4 aromatic rings. The molecule has 2 N–H and O–H groups in total. The number of benzene rings is 3. The highest BCUT2D eigenvalue weighted by Gasteiger charge is 2.51. The van der Waals surface area contributed by atoms with Crippen molar-refractivity contribution in [2.75, 3.05) is 25.6 Å². The normalized spacial score (nSPS) is 18.5. The van der Waals surface area contributed by atoms with Crippen molar-refractivity contribution in [3.63, 3.8) is 0 Å². The van der Waals surface area contributed by atoms with E-state index in [4.69, 9.17) is 13.9 Å². The van der Waals surface area contributed by atoms with Crippen LogP contribution in [0.15, 0.2) is 102 Å². The van der Waals surface area contributed by atoms with E-state index in [2.05, 4.69) is 79.6 Å². The van der Waals surface area contributed by atoms with Gasteiger partial charge in [0, 0.05) is 37.3 Å². The molecule has 3 atom stereocenters. The predicted molar refractivity (Wildman–Crippen MR) is 177 cm³/mol. The summed E-state index contributed by atoms with van der Waals surface area (Å²) in [5.74, 6) is 0.334. The summed E-state index contributed by atoms with van der Waals surface area (Å²) in [7, 11) is -1.23. The topological polar surface area (TPSA) is 112 Å². The van der Waals surface area contributed by atoms with Gasteiger partial charge < -0.3 is 24.3 Å². The molecule has 9 nitrogen and oxygen atoms in total. The third-order valence-electron chi connectivity index (χ3n) is 8.44. The van der Waals surface area contributed by atoms with E-state index in [-0.39, 0.29) is 35.4 Å². The Labute approximate surface area is 265 Å². The zero-order valence-electron chi connectivity index (χ0n) is 26.2. The SMILES string of the molecule is COc1ccc(C(=O)Nc2ccn([C@H]3C[C@H](CO[Si](c4ccccc4)(c4ccccc4)C(C)(C)C)[C@@H](CCO)O3)c(=O)n2)cc1. The molecule has 1 aliphatic rings. The Kier molecular flexibility index (Phi) is 9.98. The fraction of sp³-hybridized carbons (Fsp3) is 0.343. The Morgan fingerprint density at radius 2 is 1.62 bits per heavy atom. The first kappa shape index (κ1) is 32.3. The minimum Gasteiger partial charge on any atom is -0.497 e. The molecular weight excluding hydrogens is 586 g/mol. The first-order valence-electron chi connectivity index (χ1n) is 15.2. The van der Waals surface area contributed by atoms with E-state index in [9.17, 15) is 14.7 Å². The average Bonchev–Trinajstić information content (AvgIpc) is 3.44. The predicted octanol–water partition coefficient (Wildman–Crippen LogP) is 4.37. The zero-order chi connectivity index (χ0) is 32.0. The number of anilines is 1. The molecule has 45 heavy (non-hydrogen) atoms. The van der Waals surface area contributed by atoms with Crippen molar-refractivity contribution in [3.05, 3.63) is 113 Å². The molecule has 0 saturated carbocycles. The molecular formula is C35H41N3O6Si. The maximum Gasteiger partial charge on any atom is 0.351 e. The van der Waals surface area contributed by atoms with Gasteiger partial charge in [0.15, 0.2) is 0 Å². The van der Waals surface area contributed by atoms with Gasteiger partial charge in [0.1, 0.15) is 17.8 Å². The highest BCUT2D eigenvalue weighted by Crippen LogP contribution is 2.40. The Bertz CT molecular complexity index is 1580. The Balaban J connectivity index is 1.36. The van der Waals surface area contributed by atoms with Crippen LogP contribution in [0.25, 0.3) is 0 Å². The van der Waals surface area contributed by atoms with Crippen LogP contribution in [0.2, 0.25) is 5.04 Å². The molecule has 1 saturated heterocycles. The number of hydrogen-bond acceptors (Lipinski definition) is 7. The lowest BCUT2D eigenvalue weighted by atomic mass is 10.00. The molecule has 2 heterocycles. The van der Waals surface area contributed by atoms with Gasteiger partial charge in [0.25, 0.3) is 14.2 Å². The number of nitrogens with one attached hydrogen (secondary N) is 1. The monoisotopic (exact) mass is 627 g/mol. The van der Waals surface area contributed by atoms with Crippen molar-refractivity contribution >= 4 is 30.4 Å². The molecule has 1 amide bonds. The number of aliphatic hydroxyl groups is 1. The first-order chi connectivity index (χ1) is 21.7. The van der Waals surface area contributed by atoms with Crippen LogP contribution in [-0.4, -0.2) is 55.3 Å². The van der Waals surface area contributed by atoms with Crippen molar-refractivity contribution in [1.82, 2.24) is 9.55 Å². The summed E-state index contributed by atoms with van der Waals surface area (Å²) in [5, 5.41) is 14.7. The molecule has 3 aromatic carbocycles. The lowest BCUT2D eigenvalue weighted by Gasteiger charge is -2.43. The largest absolute Gasteiger partial charge is 0.497 e. The van der Waals surface area contributed by atoms with Crippen LogP contribution in [0.4, 0.5) is 5.82 Å². The fourth-order valence-electron chi connectivity index (χ4n) is 6.19. The smallest absolute Gasteiger partial charge is 0.351 e. The number of aromatic nitrogens is 2. The summed E-state index contributed by atoms with van der Waals surface area (Å²) < 4.78 is 20.1. The van der Waals surface area contributed by atoms with E-state index in [1.807, 2.05) is 12.1 Å². The molecule has 0 bridgehead atoms. The second-order valence-electron chi connectivity index (χ2n) is 12.3.